The van der Waals surface area contributed by atoms with Gasteiger partial charge < -0.3 is 20.4 Å². The van der Waals surface area contributed by atoms with Crippen molar-refractivity contribution in [2.75, 3.05) is 6.54 Å². The minimum atomic E-state index is -4.66. The van der Waals surface area contributed by atoms with Crippen LogP contribution in [0.2, 0.25) is 0 Å². The molecule has 0 unspecified atom stereocenters. The topological polar surface area (TPSA) is 118 Å². The molecule has 0 aromatic carbocycles. The molecular weight excluding hydrogens is 443 g/mol. The van der Waals surface area contributed by atoms with Crippen LogP contribution < -0.4 is 16.0 Å². The van der Waals surface area contributed by atoms with E-state index < -0.39 is 47.8 Å². The van der Waals surface area contributed by atoms with E-state index in [0.29, 0.717) is 12.8 Å². The maximum absolute atomic E-state index is 13.2. The standard InChI is InChI=1S/C22H28F3N3O5/c1-20(6-2-3-7-20)11-15(27-17(30)14-5-10-33-12-14)18(31)28-21(8-4-9-21)16(29)19(32)26-13-22(23,24)25/h5,10,12,15H,2-4,6-9,11,13H2,1H3,(H,26,32)(H,27,30)(H,28,31)/t15-/m0/s1. The van der Waals surface area contributed by atoms with Gasteiger partial charge in [0.25, 0.3) is 11.8 Å². The predicted octanol–water partition coefficient (Wildman–Crippen LogP) is 2.63. The molecule has 11 heteroatoms. The van der Waals surface area contributed by atoms with Crippen molar-refractivity contribution in [3.63, 3.8) is 0 Å². The number of amides is 3. The molecule has 0 spiro atoms. The lowest BCUT2D eigenvalue weighted by molar-refractivity contribution is -0.151. The van der Waals surface area contributed by atoms with Crippen LogP contribution >= 0.6 is 0 Å². The van der Waals surface area contributed by atoms with E-state index >= 15 is 0 Å². The molecule has 2 fully saturated rings. The molecule has 1 aromatic rings. The van der Waals surface area contributed by atoms with Gasteiger partial charge in [0.05, 0.1) is 11.8 Å². The Morgan fingerprint density at radius 3 is 2.27 bits per heavy atom. The average molecular weight is 471 g/mol. The summed E-state index contributed by atoms with van der Waals surface area (Å²) in [6.45, 7) is 0.391. The summed E-state index contributed by atoms with van der Waals surface area (Å²) < 4.78 is 42.2. The fourth-order valence-corrected chi connectivity index (χ4v) is 4.51. The Morgan fingerprint density at radius 2 is 1.76 bits per heavy atom. The number of halogens is 3. The molecule has 3 rings (SSSR count). The Balaban J connectivity index is 1.72. The number of hydrogen-bond donors (Lipinski definition) is 3. The van der Waals surface area contributed by atoms with E-state index in [1.165, 1.54) is 18.6 Å². The SMILES string of the molecule is CC1(C[C@H](NC(=O)c2ccoc2)C(=O)NC2(C(=O)C(=O)NCC(F)(F)F)CCC2)CCCC1. The van der Waals surface area contributed by atoms with E-state index in [1.807, 2.05) is 6.92 Å². The Bertz CT molecular complexity index is 888. The summed E-state index contributed by atoms with van der Waals surface area (Å²) in [6.07, 6.45) is 2.79. The lowest BCUT2D eigenvalue weighted by atomic mass is 9.72. The summed E-state index contributed by atoms with van der Waals surface area (Å²) in [6, 6.07) is 0.461. The predicted molar refractivity (Wildman–Crippen MR) is 110 cm³/mol. The number of Topliss-reactive ketones (excluding diaryl/α,β-unsaturated/α-hetero) is 1. The molecule has 33 heavy (non-hydrogen) atoms. The van der Waals surface area contributed by atoms with Crippen molar-refractivity contribution < 1.29 is 36.8 Å². The van der Waals surface area contributed by atoms with E-state index in [0.717, 1.165) is 25.7 Å². The van der Waals surface area contributed by atoms with Crippen LogP contribution in [0.5, 0.6) is 0 Å². The van der Waals surface area contributed by atoms with Crippen LogP contribution in [0.4, 0.5) is 13.2 Å². The summed E-state index contributed by atoms with van der Waals surface area (Å²) >= 11 is 0. The first-order chi connectivity index (χ1) is 15.4. The van der Waals surface area contributed by atoms with Crippen molar-refractivity contribution >= 4 is 23.5 Å². The molecule has 0 radical (unpaired) electrons. The molecule has 2 aliphatic carbocycles. The number of ketones is 1. The molecule has 2 saturated carbocycles. The summed E-state index contributed by atoms with van der Waals surface area (Å²) in [5, 5.41) is 6.83. The summed E-state index contributed by atoms with van der Waals surface area (Å²) in [7, 11) is 0. The van der Waals surface area contributed by atoms with Crippen LogP contribution in [-0.4, -0.2) is 47.8 Å². The maximum atomic E-state index is 13.2. The van der Waals surface area contributed by atoms with Gasteiger partial charge in [-0.1, -0.05) is 19.8 Å². The molecule has 0 saturated heterocycles. The molecule has 8 nitrogen and oxygen atoms in total. The van der Waals surface area contributed by atoms with Crippen molar-refractivity contribution in [3.8, 4) is 0 Å². The molecule has 0 bridgehead atoms. The second-order valence-corrected chi connectivity index (χ2v) is 9.31. The number of rotatable bonds is 9. The third kappa shape index (κ3) is 6.14. The highest BCUT2D eigenvalue weighted by atomic mass is 19.4. The van der Waals surface area contributed by atoms with Gasteiger partial charge in [-0.25, -0.2) is 0 Å². The lowest BCUT2D eigenvalue weighted by Gasteiger charge is -2.41. The first-order valence-electron chi connectivity index (χ1n) is 11.0. The van der Waals surface area contributed by atoms with Gasteiger partial charge in [-0.3, -0.25) is 19.2 Å². The normalized spacial score (nSPS) is 19.8. The van der Waals surface area contributed by atoms with Crippen LogP contribution in [-0.2, 0) is 14.4 Å². The van der Waals surface area contributed by atoms with Crippen LogP contribution in [0.25, 0.3) is 0 Å². The third-order valence-corrected chi connectivity index (χ3v) is 6.57. The number of furan rings is 1. The summed E-state index contributed by atoms with van der Waals surface area (Å²) in [5.74, 6) is -3.67. The number of hydrogen-bond acceptors (Lipinski definition) is 5. The smallest absolute Gasteiger partial charge is 0.405 e. The first kappa shape index (κ1) is 24.8. The van der Waals surface area contributed by atoms with Crippen molar-refractivity contribution in [2.24, 2.45) is 5.41 Å². The molecule has 0 aliphatic heterocycles. The second-order valence-electron chi connectivity index (χ2n) is 9.31. The van der Waals surface area contributed by atoms with Crippen molar-refractivity contribution in [1.82, 2.24) is 16.0 Å². The van der Waals surface area contributed by atoms with Gasteiger partial charge in [0.15, 0.2) is 0 Å². The largest absolute Gasteiger partial charge is 0.472 e. The molecule has 3 N–H and O–H groups in total. The van der Waals surface area contributed by atoms with Gasteiger partial charge in [-0.2, -0.15) is 13.2 Å². The molecule has 1 atom stereocenters. The Labute approximate surface area is 189 Å². The number of carbonyl (C=O) groups is 4. The van der Waals surface area contributed by atoms with Crippen LogP contribution in [0, 0.1) is 5.41 Å². The molecular formula is C22H28F3N3O5. The maximum Gasteiger partial charge on any atom is 0.405 e. The van der Waals surface area contributed by atoms with E-state index in [4.69, 9.17) is 4.42 Å². The molecule has 3 amide bonds. The van der Waals surface area contributed by atoms with Gasteiger partial charge in [0.2, 0.25) is 11.7 Å². The summed E-state index contributed by atoms with van der Waals surface area (Å²) in [4.78, 5) is 50.5. The Kier molecular flexibility index (Phi) is 7.18. The van der Waals surface area contributed by atoms with Gasteiger partial charge in [0, 0.05) is 0 Å². The van der Waals surface area contributed by atoms with E-state index in [1.54, 1.807) is 5.32 Å². The van der Waals surface area contributed by atoms with Crippen molar-refractivity contribution in [3.05, 3.63) is 24.2 Å². The van der Waals surface area contributed by atoms with E-state index in [2.05, 4.69) is 10.6 Å². The van der Waals surface area contributed by atoms with E-state index in [-0.39, 0.29) is 23.8 Å². The zero-order chi connectivity index (χ0) is 24.3. The minimum Gasteiger partial charge on any atom is -0.472 e. The monoisotopic (exact) mass is 471 g/mol. The van der Waals surface area contributed by atoms with Crippen LogP contribution in [0.1, 0.15) is 68.6 Å². The quantitative estimate of drug-likeness (QED) is 0.479. The summed E-state index contributed by atoms with van der Waals surface area (Å²) in [5.41, 5.74) is -1.53. The van der Waals surface area contributed by atoms with Crippen molar-refractivity contribution in [2.45, 2.75) is 76.0 Å². The first-order valence-corrected chi connectivity index (χ1v) is 11.0. The second kappa shape index (κ2) is 9.56. The fourth-order valence-electron chi connectivity index (χ4n) is 4.51. The highest BCUT2D eigenvalue weighted by Gasteiger charge is 2.49. The minimum absolute atomic E-state index is 0.136. The fraction of sp³-hybridized carbons (Fsp3) is 0.636. The van der Waals surface area contributed by atoms with Crippen LogP contribution in [0.15, 0.2) is 23.0 Å². The zero-order valence-electron chi connectivity index (χ0n) is 18.3. The molecule has 1 heterocycles. The van der Waals surface area contributed by atoms with Gasteiger partial charge >= 0.3 is 6.18 Å². The Hall–Kier alpha value is -2.85. The number of nitrogens with one attached hydrogen (secondary N) is 3. The zero-order valence-corrected chi connectivity index (χ0v) is 18.3. The number of alkyl halides is 3. The van der Waals surface area contributed by atoms with Gasteiger partial charge in [-0.15, -0.1) is 0 Å². The van der Waals surface area contributed by atoms with Crippen molar-refractivity contribution in [1.29, 1.82) is 0 Å². The van der Waals surface area contributed by atoms with Gasteiger partial charge in [-0.05, 0) is 50.0 Å². The van der Waals surface area contributed by atoms with Gasteiger partial charge in [0.1, 0.15) is 24.4 Å². The molecule has 2 aliphatic rings. The Morgan fingerprint density at radius 1 is 1.09 bits per heavy atom. The molecule has 182 valence electrons. The van der Waals surface area contributed by atoms with Crippen LogP contribution in [0.3, 0.4) is 0 Å². The highest BCUT2D eigenvalue weighted by molar-refractivity contribution is 6.40. The lowest BCUT2D eigenvalue weighted by Crippen LogP contribution is -2.65. The average Bonchev–Trinajstić information content (AvgIpc) is 3.39. The highest BCUT2D eigenvalue weighted by Crippen LogP contribution is 2.41. The third-order valence-electron chi connectivity index (χ3n) is 6.57. The van der Waals surface area contributed by atoms with E-state index in [9.17, 15) is 32.3 Å². The number of carbonyl (C=O) groups excluding carboxylic acids is 4. The molecule has 1 aromatic heterocycles.